The lowest BCUT2D eigenvalue weighted by molar-refractivity contribution is 0.184. The van der Waals surface area contributed by atoms with Gasteiger partial charge in [0.25, 0.3) is 0 Å². The number of rotatable bonds is 5. The average molecular weight is 274 g/mol. The van der Waals surface area contributed by atoms with E-state index in [0.29, 0.717) is 23.4 Å². The van der Waals surface area contributed by atoms with E-state index in [1.807, 2.05) is 6.07 Å². The predicted octanol–water partition coefficient (Wildman–Crippen LogP) is 1.79. The lowest BCUT2D eigenvalue weighted by Gasteiger charge is -2.13. The van der Waals surface area contributed by atoms with Crippen molar-refractivity contribution in [3.05, 3.63) is 34.0 Å². The van der Waals surface area contributed by atoms with Crippen molar-refractivity contribution < 1.29 is 5.11 Å². The molecule has 1 unspecified atom stereocenters. The van der Waals surface area contributed by atoms with Crippen LogP contribution in [0.15, 0.2) is 29.8 Å². The molecule has 0 aliphatic heterocycles. The molecular formula is C11H16ClN3OS. The zero-order valence-corrected chi connectivity index (χ0v) is 11.2. The van der Waals surface area contributed by atoms with Gasteiger partial charge in [0, 0.05) is 25.0 Å². The van der Waals surface area contributed by atoms with Gasteiger partial charge in [-0.15, -0.1) is 17.9 Å². The summed E-state index contributed by atoms with van der Waals surface area (Å²) in [7, 11) is 1.67. The van der Waals surface area contributed by atoms with Gasteiger partial charge in [-0.05, 0) is 12.1 Å². The summed E-state index contributed by atoms with van der Waals surface area (Å²) in [6.45, 7) is 4.61. The Hall–Kier alpha value is -1.04. The average Bonchev–Trinajstić information content (AvgIpc) is 2.76. The molecule has 1 aromatic heterocycles. The Morgan fingerprint density at radius 3 is 2.94 bits per heavy atom. The summed E-state index contributed by atoms with van der Waals surface area (Å²) >= 11 is 7.17. The minimum atomic E-state index is -0.588. The van der Waals surface area contributed by atoms with Crippen LogP contribution in [-0.4, -0.2) is 31.2 Å². The first-order chi connectivity index (χ1) is 8.17. The van der Waals surface area contributed by atoms with Crippen LogP contribution in [0.25, 0.3) is 0 Å². The summed E-state index contributed by atoms with van der Waals surface area (Å²) in [5.41, 5.74) is 0. The van der Waals surface area contributed by atoms with E-state index in [1.54, 1.807) is 19.2 Å². The number of halogens is 1. The van der Waals surface area contributed by atoms with Crippen LogP contribution in [0.1, 0.15) is 11.0 Å². The minimum Gasteiger partial charge on any atom is -0.386 e. The number of nitrogens with one attached hydrogen (secondary N) is 2. The molecule has 6 heteroatoms. The molecule has 0 saturated carbocycles. The molecule has 1 heterocycles. The highest BCUT2D eigenvalue weighted by molar-refractivity contribution is 7.16. The van der Waals surface area contributed by atoms with E-state index in [0.717, 1.165) is 4.88 Å². The fourth-order valence-corrected chi connectivity index (χ4v) is 2.24. The molecule has 0 aliphatic carbocycles. The van der Waals surface area contributed by atoms with Gasteiger partial charge < -0.3 is 15.7 Å². The lowest BCUT2D eigenvalue weighted by Crippen LogP contribution is -2.39. The fraction of sp³-hybridized carbons (Fsp3) is 0.364. The molecule has 0 spiro atoms. The Morgan fingerprint density at radius 1 is 1.65 bits per heavy atom. The zero-order valence-electron chi connectivity index (χ0n) is 9.61. The van der Waals surface area contributed by atoms with Crippen molar-refractivity contribution in [2.24, 2.45) is 4.99 Å². The van der Waals surface area contributed by atoms with Crippen LogP contribution in [-0.2, 0) is 0 Å². The van der Waals surface area contributed by atoms with Gasteiger partial charge in [0.1, 0.15) is 6.10 Å². The van der Waals surface area contributed by atoms with Gasteiger partial charge in [-0.3, -0.25) is 4.99 Å². The molecular weight excluding hydrogens is 258 g/mol. The fourth-order valence-electron chi connectivity index (χ4n) is 1.19. The molecule has 1 aromatic rings. The van der Waals surface area contributed by atoms with E-state index in [4.69, 9.17) is 11.6 Å². The Morgan fingerprint density at radius 2 is 2.41 bits per heavy atom. The molecule has 1 rings (SSSR count). The second-order valence-electron chi connectivity index (χ2n) is 3.28. The molecule has 0 bridgehead atoms. The molecule has 0 fully saturated rings. The molecule has 0 aromatic carbocycles. The summed E-state index contributed by atoms with van der Waals surface area (Å²) in [6.07, 6.45) is 1.15. The van der Waals surface area contributed by atoms with Gasteiger partial charge in [0.05, 0.1) is 4.34 Å². The Bertz CT molecular complexity index is 392. The molecule has 0 amide bonds. The number of aliphatic hydroxyl groups excluding tert-OH is 1. The van der Waals surface area contributed by atoms with E-state index in [9.17, 15) is 5.11 Å². The van der Waals surface area contributed by atoms with Gasteiger partial charge in [0.15, 0.2) is 5.96 Å². The first-order valence-corrected chi connectivity index (χ1v) is 6.35. The van der Waals surface area contributed by atoms with Gasteiger partial charge in [0.2, 0.25) is 0 Å². The number of thiophene rings is 1. The van der Waals surface area contributed by atoms with E-state index < -0.39 is 6.10 Å². The third-order valence-electron chi connectivity index (χ3n) is 2.02. The van der Waals surface area contributed by atoms with Crippen molar-refractivity contribution in [3.8, 4) is 0 Å². The van der Waals surface area contributed by atoms with Crippen molar-refractivity contribution in [1.29, 1.82) is 0 Å². The third kappa shape index (κ3) is 4.77. The standard InChI is InChI=1S/C11H16ClN3OS/c1-3-6-14-11(13-2)15-7-8(16)9-4-5-10(12)17-9/h3-5,8,16H,1,6-7H2,2H3,(H2,13,14,15). The quantitative estimate of drug-likeness (QED) is 0.436. The predicted molar refractivity (Wildman–Crippen MR) is 73.9 cm³/mol. The smallest absolute Gasteiger partial charge is 0.191 e. The number of guanidine groups is 1. The maximum atomic E-state index is 9.89. The maximum absolute atomic E-state index is 9.89. The summed E-state index contributed by atoms with van der Waals surface area (Å²) in [4.78, 5) is 4.84. The maximum Gasteiger partial charge on any atom is 0.191 e. The van der Waals surface area contributed by atoms with Crippen molar-refractivity contribution in [2.45, 2.75) is 6.10 Å². The molecule has 3 N–H and O–H groups in total. The molecule has 17 heavy (non-hydrogen) atoms. The van der Waals surface area contributed by atoms with Gasteiger partial charge in [-0.25, -0.2) is 0 Å². The highest BCUT2D eigenvalue weighted by Crippen LogP contribution is 2.26. The van der Waals surface area contributed by atoms with Gasteiger partial charge in [-0.1, -0.05) is 17.7 Å². The second-order valence-corrected chi connectivity index (χ2v) is 5.03. The molecule has 4 nitrogen and oxygen atoms in total. The first-order valence-electron chi connectivity index (χ1n) is 5.16. The summed E-state index contributed by atoms with van der Waals surface area (Å²) < 4.78 is 0.674. The normalized spacial score (nSPS) is 13.2. The number of aliphatic imine (C=N–C) groups is 1. The van der Waals surface area contributed by atoms with Crippen LogP contribution in [0.3, 0.4) is 0 Å². The molecule has 94 valence electrons. The summed E-state index contributed by atoms with van der Waals surface area (Å²) in [5, 5.41) is 15.9. The minimum absolute atomic E-state index is 0.383. The topological polar surface area (TPSA) is 56.7 Å². The third-order valence-corrected chi connectivity index (χ3v) is 3.36. The summed E-state index contributed by atoms with van der Waals surface area (Å²) in [6, 6.07) is 3.59. The molecule has 0 radical (unpaired) electrons. The van der Waals surface area contributed by atoms with E-state index in [1.165, 1.54) is 11.3 Å². The molecule has 1 atom stereocenters. The van der Waals surface area contributed by atoms with E-state index >= 15 is 0 Å². The van der Waals surface area contributed by atoms with Crippen LogP contribution >= 0.6 is 22.9 Å². The number of nitrogens with zero attached hydrogens (tertiary/aromatic N) is 1. The second kappa shape index (κ2) is 7.32. The van der Waals surface area contributed by atoms with Crippen LogP contribution in [0, 0.1) is 0 Å². The first kappa shape index (κ1) is 14.0. The molecule has 0 aliphatic rings. The van der Waals surface area contributed by atoms with E-state index in [-0.39, 0.29) is 0 Å². The number of hydrogen-bond acceptors (Lipinski definition) is 3. The largest absolute Gasteiger partial charge is 0.386 e. The highest BCUT2D eigenvalue weighted by atomic mass is 35.5. The number of hydrogen-bond donors (Lipinski definition) is 3. The summed E-state index contributed by atoms with van der Waals surface area (Å²) in [5.74, 6) is 0.631. The van der Waals surface area contributed by atoms with Crippen LogP contribution < -0.4 is 10.6 Å². The van der Waals surface area contributed by atoms with Crippen LogP contribution in [0.4, 0.5) is 0 Å². The van der Waals surface area contributed by atoms with Crippen LogP contribution in [0.5, 0.6) is 0 Å². The Labute approximate surface area is 110 Å². The Balaban J connectivity index is 2.41. The number of aliphatic hydroxyl groups is 1. The van der Waals surface area contributed by atoms with Gasteiger partial charge >= 0.3 is 0 Å². The molecule has 0 saturated heterocycles. The SMILES string of the molecule is C=CCNC(=NC)NCC(O)c1ccc(Cl)s1. The zero-order chi connectivity index (χ0) is 12.7. The van der Waals surface area contributed by atoms with E-state index in [2.05, 4.69) is 22.2 Å². The van der Waals surface area contributed by atoms with Crippen molar-refractivity contribution in [3.63, 3.8) is 0 Å². The van der Waals surface area contributed by atoms with Gasteiger partial charge in [-0.2, -0.15) is 0 Å². The van der Waals surface area contributed by atoms with Crippen molar-refractivity contribution in [2.75, 3.05) is 20.1 Å². The van der Waals surface area contributed by atoms with Crippen LogP contribution in [0.2, 0.25) is 4.34 Å². The Kier molecular flexibility index (Phi) is 6.04. The lowest BCUT2D eigenvalue weighted by atomic mass is 10.3. The van der Waals surface area contributed by atoms with Crippen molar-refractivity contribution in [1.82, 2.24) is 10.6 Å². The van der Waals surface area contributed by atoms with Crippen molar-refractivity contribution >= 4 is 28.9 Å². The highest BCUT2D eigenvalue weighted by Gasteiger charge is 2.10. The monoisotopic (exact) mass is 273 g/mol.